The SMILES string of the molecule is CC(C)c1ccccc1Nc1nccc(C(=O)N(C)CCc2ccncc2)n1. The highest BCUT2D eigenvalue weighted by molar-refractivity contribution is 5.92. The van der Waals surface area contributed by atoms with Crippen LogP contribution < -0.4 is 5.32 Å². The van der Waals surface area contributed by atoms with Gasteiger partial charge >= 0.3 is 0 Å². The zero-order valence-corrected chi connectivity index (χ0v) is 16.5. The Bertz CT molecular complexity index is 927. The molecule has 0 bridgehead atoms. The van der Waals surface area contributed by atoms with Gasteiger partial charge in [-0.15, -0.1) is 0 Å². The van der Waals surface area contributed by atoms with Gasteiger partial charge in [0.1, 0.15) is 5.69 Å². The van der Waals surface area contributed by atoms with E-state index < -0.39 is 0 Å². The van der Waals surface area contributed by atoms with Crippen molar-refractivity contribution < 1.29 is 4.79 Å². The Morgan fingerprint density at radius 3 is 2.57 bits per heavy atom. The molecule has 0 spiro atoms. The smallest absolute Gasteiger partial charge is 0.272 e. The molecular weight excluding hydrogens is 350 g/mol. The number of amides is 1. The minimum absolute atomic E-state index is 0.128. The highest BCUT2D eigenvalue weighted by Gasteiger charge is 2.15. The Balaban J connectivity index is 1.69. The lowest BCUT2D eigenvalue weighted by Gasteiger charge is -2.17. The fraction of sp³-hybridized carbons (Fsp3) is 0.273. The third-order valence-corrected chi connectivity index (χ3v) is 4.54. The molecule has 6 heteroatoms. The van der Waals surface area contributed by atoms with E-state index in [2.05, 4.69) is 40.2 Å². The number of nitrogens with one attached hydrogen (secondary N) is 1. The molecule has 3 aromatic rings. The number of pyridine rings is 1. The van der Waals surface area contributed by atoms with Crippen LogP contribution >= 0.6 is 0 Å². The van der Waals surface area contributed by atoms with Crippen molar-refractivity contribution in [2.45, 2.75) is 26.2 Å². The number of nitrogens with zero attached hydrogens (tertiary/aromatic N) is 4. The lowest BCUT2D eigenvalue weighted by atomic mass is 10.0. The molecule has 1 amide bonds. The summed E-state index contributed by atoms with van der Waals surface area (Å²) in [6.07, 6.45) is 5.89. The zero-order chi connectivity index (χ0) is 19.9. The highest BCUT2D eigenvalue weighted by Crippen LogP contribution is 2.25. The van der Waals surface area contributed by atoms with Crippen LogP contribution in [0.2, 0.25) is 0 Å². The van der Waals surface area contributed by atoms with Crippen molar-refractivity contribution in [1.82, 2.24) is 19.9 Å². The third-order valence-electron chi connectivity index (χ3n) is 4.54. The van der Waals surface area contributed by atoms with Crippen molar-refractivity contribution in [3.8, 4) is 0 Å². The maximum absolute atomic E-state index is 12.7. The van der Waals surface area contributed by atoms with Crippen molar-refractivity contribution in [3.63, 3.8) is 0 Å². The van der Waals surface area contributed by atoms with Crippen LogP contribution in [-0.4, -0.2) is 39.4 Å². The minimum atomic E-state index is -0.128. The van der Waals surface area contributed by atoms with E-state index in [-0.39, 0.29) is 5.91 Å². The van der Waals surface area contributed by atoms with Gasteiger partial charge in [0.15, 0.2) is 0 Å². The van der Waals surface area contributed by atoms with Gasteiger partial charge in [-0.05, 0) is 47.7 Å². The summed E-state index contributed by atoms with van der Waals surface area (Å²) >= 11 is 0. The van der Waals surface area contributed by atoms with E-state index in [1.54, 1.807) is 36.6 Å². The first-order valence-corrected chi connectivity index (χ1v) is 9.38. The summed E-state index contributed by atoms with van der Waals surface area (Å²) in [5, 5.41) is 3.25. The van der Waals surface area contributed by atoms with E-state index in [9.17, 15) is 4.79 Å². The molecule has 0 aliphatic heterocycles. The van der Waals surface area contributed by atoms with Crippen LogP contribution in [0.3, 0.4) is 0 Å². The largest absolute Gasteiger partial charge is 0.340 e. The maximum Gasteiger partial charge on any atom is 0.272 e. The fourth-order valence-electron chi connectivity index (χ4n) is 2.92. The van der Waals surface area contributed by atoms with Crippen LogP contribution in [0.25, 0.3) is 0 Å². The second-order valence-electron chi connectivity index (χ2n) is 6.96. The van der Waals surface area contributed by atoms with Gasteiger partial charge in [-0.25, -0.2) is 9.97 Å². The van der Waals surface area contributed by atoms with E-state index in [0.717, 1.165) is 17.7 Å². The van der Waals surface area contributed by atoms with Crippen molar-refractivity contribution in [1.29, 1.82) is 0 Å². The third kappa shape index (κ3) is 4.91. The molecule has 0 aliphatic carbocycles. The molecule has 0 aliphatic rings. The monoisotopic (exact) mass is 375 g/mol. The number of aromatic nitrogens is 3. The van der Waals surface area contributed by atoms with Gasteiger partial charge in [-0.1, -0.05) is 32.0 Å². The van der Waals surface area contributed by atoms with E-state index in [1.165, 1.54) is 5.56 Å². The van der Waals surface area contributed by atoms with E-state index in [0.29, 0.717) is 24.1 Å². The first kappa shape index (κ1) is 19.5. The first-order chi connectivity index (χ1) is 13.5. The Kier molecular flexibility index (Phi) is 6.32. The fourth-order valence-corrected chi connectivity index (χ4v) is 2.92. The van der Waals surface area contributed by atoms with Crippen molar-refractivity contribution in [2.75, 3.05) is 18.9 Å². The molecule has 2 heterocycles. The van der Waals surface area contributed by atoms with E-state index >= 15 is 0 Å². The van der Waals surface area contributed by atoms with Crippen molar-refractivity contribution in [2.24, 2.45) is 0 Å². The van der Waals surface area contributed by atoms with Crippen LogP contribution in [0.5, 0.6) is 0 Å². The molecule has 0 atom stereocenters. The van der Waals surface area contributed by atoms with Crippen LogP contribution in [0.4, 0.5) is 11.6 Å². The second-order valence-corrected chi connectivity index (χ2v) is 6.96. The zero-order valence-electron chi connectivity index (χ0n) is 16.5. The van der Waals surface area contributed by atoms with Gasteiger partial charge in [-0.3, -0.25) is 9.78 Å². The maximum atomic E-state index is 12.7. The summed E-state index contributed by atoms with van der Waals surface area (Å²) in [5.74, 6) is 0.658. The van der Waals surface area contributed by atoms with Crippen LogP contribution in [0.15, 0.2) is 61.1 Å². The summed E-state index contributed by atoms with van der Waals surface area (Å²) < 4.78 is 0. The normalized spacial score (nSPS) is 10.7. The average Bonchev–Trinajstić information content (AvgIpc) is 2.72. The molecule has 144 valence electrons. The summed E-state index contributed by atoms with van der Waals surface area (Å²) in [5.41, 5.74) is 3.65. The van der Waals surface area contributed by atoms with Gasteiger partial charge in [0.25, 0.3) is 5.91 Å². The lowest BCUT2D eigenvalue weighted by molar-refractivity contribution is 0.0791. The van der Waals surface area contributed by atoms with Crippen LogP contribution in [-0.2, 0) is 6.42 Å². The molecule has 1 N–H and O–H groups in total. The number of carbonyl (C=O) groups excluding carboxylic acids is 1. The molecular formula is C22H25N5O. The Morgan fingerprint density at radius 2 is 1.82 bits per heavy atom. The molecule has 1 aromatic carbocycles. The number of benzene rings is 1. The molecule has 0 saturated carbocycles. The van der Waals surface area contributed by atoms with Crippen LogP contribution in [0, 0.1) is 0 Å². The predicted molar refractivity (Wildman–Crippen MR) is 111 cm³/mol. The Hall–Kier alpha value is -3.28. The standard InChI is InChI=1S/C22H25N5O/c1-16(2)18-6-4-5-7-19(18)25-22-24-14-10-20(26-22)21(28)27(3)15-11-17-8-12-23-13-9-17/h4-10,12-14,16H,11,15H2,1-3H3,(H,24,25,26). The Labute approximate surface area is 165 Å². The summed E-state index contributed by atoms with van der Waals surface area (Å²) in [4.78, 5) is 27.1. The molecule has 0 saturated heterocycles. The van der Waals surface area contributed by atoms with Gasteiger partial charge in [-0.2, -0.15) is 0 Å². The molecule has 3 rings (SSSR count). The number of hydrogen-bond donors (Lipinski definition) is 1. The number of likely N-dealkylation sites (N-methyl/N-ethyl adjacent to an activating group) is 1. The number of anilines is 2. The Morgan fingerprint density at radius 1 is 1.07 bits per heavy atom. The molecule has 0 radical (unpaired) electrons. The minimum Gasteiger partial charge on any atom is -0.340 e. The molecule has 28 heavy (non-hydrogen) atoms. The number of hydrogen-bond acceptors (Lipinski definition) is 5. The molecule has 0 fully saturated rings. The van der Waals surface area contributed by atoms with Crippen molar-refractivity contribution >= 4 is 17.5 Å². The van der Waals surface area contributed by atoms with Gasteiger partial charge in [0, 0.05) is 37.9 Å². The average molecular weight is 375 g/mol. The van der Waals surface area contributed by atoms with E-state index in [4.69, 9.17) is 0 Å². The molecule has 6 nitrogen and oxygen atoms in total. The highest BCUT2D eigenvalue weighted by atomic mass is 16.2. The van der Waals surface area contributed by atoms with Gasteiger partial charge in [0.2, 0.25) is 5.95 Å². The number of carbonyl (C=O) groups is 1. The van der Waals surface area contributed by atoms with Crippen molar-refractivity contribution in [3.05, 3.63) is 77.9 Å². The van der Waals surface area contributed by atoms with Crippen LogP contribution in [0.1, 0.15) is 41.4 Å². The summed E-state index contributed by atoms with van der Waals surface area (Å²) in [6.45, 7) is 4.88. The summed E-state index contributed by atoms with van der Waals surface area (Å²) in [6, 6.07) is 13.6. The number of rotatable bonds is 7. The summed E-state index contributed by atoms with van der Waals surface area (Å²) in [7, 11) is 1.78. The van der Waals surface area contributed by atoms with Gasteiger partial charge < -0.3 is 10.2 Å². The second kappa shape index (κ2) is 9.08. The topological polar surface area (TPSA) is 71.0 Å². The first-order valence-electron chi connectivity index (χ1n) is 9.38. The quantitative estimate of drug-likeness (QED) is 0.674. The molecule has 2 aromatic heterocycles. The lowest BCUT2D eigenvalue weighted by Crippen LogP contribution is -2.29. The predicted octanol–water partition coefficient (Wildman–Crippen LogP) is 4.05. The number of para-hydroxylation sites is 1. The molecule has 0 unspecified atom stereocenters. The van der Waals surface area contributed by atoms with E-state index in [1.807, 2.05) is 30.3 Å². The van der Waals surface area contributed by atoms with Gasteiger partial charge in [0.05, 0.1) is 0 Å².